The summed E-state index contributed by atoms with van der Waals surface area (Å²) in [6.45, 7) is 12.1. The van der Waals surface area contributed by atoms with E-state index >= 15 is 4.79 Å². The van der Waals surface area contributed by atoms with Crippen molar-refractivity contribution in [3.05, 3.63) is 23.8 Å². The molecule has 13 N–H and O–H groups in total. The first-order chi connectivity index (χ1) is 32.3. The molecule has 3 saturated heterocycles. The summed E-state index contributed by atoms with van der Waals surface area (Å²) in [4.78, 5) is 27.7. The Morgan fingerprint density at radius 2 is 1.32 bits per heavy atom. The molecule has 0 radical (unpaired) electrons. The zero-order chi connectivity index (χ0) is 50.9. The van der Waals surface area contributed by atoms with Gasteiger partial charge in [0.25, 0.3) is 0 Å². The molecule has 23 atom stereocenters. The quantitative estimate of drug-likeness (QED) is 0.0526. The van der Waals surface area contributed by atoms with E-state index in [1.165, 1.54) is 0 Å². The summed E-state index contributed by atoms with van der Waals surface area (Å²) >= 11 is 0. The van der Waals surface area contributed by atoms with Gasteiger partial charge in [0.05, 0.1) is 25.9 Å². The first-order valence-electron chi connectivity index (χ1n) is 24.3. The molecule has 21 heteroatoms. The molecule has 0 aromatic heterocycles. The third-order valence-corrected chi connectivity index (χ3v) is 18.2. The van der Waals surface area contributed by atoms with Crippen LogP contribution in [-0.4, -0.2) is 203 Å². The molecular weight excluding hydrogens is 913 g/mol. The highest BCUT2D eigenvalue weighted by Crippen LogP contribution is 2.74. The van der Waals surface area contributed by atoms with E-state index in [0.29, 0.717) is 44.9 Å². The van der Waals surface area contributed by atoms with Crippen molar-refractivity contribution in [2.24, 2.45) is 44.8 Å². The van der Waals surface area contributed by atoms with Crippen LogP contribution in [0, 0.1) is 44.8 Å². The Morgan fingerprint density at radius 1 is 0.725 bits per heavy atom. The number of aliphatic carboxylic acids is 1. The first kappa shape index (κ1) is 54.5. The smallest absolute Gasteiger partial charge is 0.331 e. The van der Waals surface area contributed by atoms with Gasteiger partial charge in [-0.25, -0.2) is 4.79 Å². The van der Waals surface area contributed by atoms with Crippen LogP contribution in [0.1, 0.15) is 92.4 Å². The molecule has 3 saturated carbocycles. The molecule has 69 heavy (non-hydrogen) atoms. The average molecular weight is 989 g/mol. The van der Waals surface area contributed by atoms with Crippen LogP contribution in [0.25, 0.3) is 0 Å². The molecule has 394 valence electrons. The molecular formula is C48H76O21. The predicted molar refractivity (Wildman–Crippen MR) is 236 cm³/mol. The number of ether oxygens (including phenoxy) is 6. The molecule has 0 bridgehead atoms. The van der Waals surface area contributed by atoms with Crippen molar-refractivity contribution in [2.75, 3.05) is 26.4 Å². The maximum Gasteiger partial charge on any atom is 0.331 e. The van der Waals surface area contributed by atoms with Gasteiger partial charge in [0.1, 0.15) is 78.7 Å². The summed E-state index contributed by atoms with van der Waals surface area (Å²) in [5, 5.41) is 139. The number of hydrogen-bond donors (Lipinski definition) is 13. The van der Waals surface area contributed by atoms with E-state index in [1.807, 2.05) is 0 Å². The van der Waals surface area contributed by atoms with E-state index in [4.69, 9.17) is 28.4 Å². The fourth-order valence-electron chi connectivity index (χ4n) is 13.9. The van der Waals surface area contributed by atoms with Crippen LogP contribution in [0.4, 0.5) is 0 Å². The van der Waals surface area contributed by atoms with E-state index in [1.54, 1.807) is 0 Å². The predicted octanol–water partition coefficient (Wildman–Crippen LogP) is -1.66. The highest BCUT2D eigenvalue weighted by atomic mass is 16.8. The number of carboxylic acid groups (broad SMARTS) is 1. The highest BCUT2D eigenvalue weighted by molar-refractivity contribution is 5.86. The standard InChI is InChI=1S/C48H76O21/c1-21(39(61)62)22-10-12-46(5)28(45(22,4)11-7-15-49)9-8-23-24-16-44(2,3)13-14-48(24,29(52)17-47(23,46)6)43(63)69-42-37(60)38(68-41-36(59)34(57)31(54)26(19-51)66-41)32(55)27(67-42)20-64-40-35(58)33(56)30(53)25(18-50)65-40/h8,22,24-38,40-42,49-60H,1,7,9-20H2,2-6H3,(H,61,62). The minimum atomic E-state index is -2.08. The van der Waals surface area contributed by atoms with Crippen molar-refractivity contribution in [1.29, 1.82) is 0 Å². The number of carbonyl (C=O) groups excluding carboxylic acids is 1. The second-order valence-electron chi connectivity index (χ2n) is 22.4. The first-order valence-corrected chi connectivity index (χ1v) is 24.3. The maximum atomic E-state index is 15.3. The number of esters is 1. The molecule has 0 amide bonds. The molecule has 0 aromatic carbocycles. The SMILES string of the molecule is C=C(C(=O)O)C1CCC2(C)C(CC=C3C4CC(C)(C)CCC4(C(=O)OC4OC(COC5OC(CO)C(O)C(O)C5O)C(O)C(OC5OC(CO)C(O)C(O)C5O)C4O)C(O)CC32C)C1(C)CCCO. The van der Waals surface area contributed by atoms with Gasteiger partial charge in [-0.15, -0.1) is 0 Å². The molecule has 6 fully saturated rings. The summed E-state index contributed by atoms with van der Waals surface area (Å²) < 4.78 is 34.8. The topological polar surface area (TPSA) is 353 Å². The zero-order valence-electron chi connectivity index (χ0n) is 40.0. The highest BCUT2D eigenvalue weighted by Gasteiger charge is 2.71. The lowest BCUT2D eigenvalue weighted by molar-refractivity contribution is -0.363. The third kappa shape index (κ3) is 9.16. The largest absolute Gasteiger partial charge is 0.478 e. The number of fused-ring (bicyclic) bond motifs is 5. The Hall–Kier alpha value is -2.26. The molecule has 21 nitrogen and oxygen atoms in total. The molecule has 7 rings (SSSR count). The Balaban J connectivity index is 1.22. The van der Waals surface area contributed by atoms with Crippen LogP contribution in [0.15, 0.2) is 23.8 Å². The van der Waals surface area contributed by atoms with E-state index in [0.717, 1.165) is 5.57 Å². The number of aliphatic hydroxyl groups excluding tert-OH is 12. The van der Waals surface area contributed by atoms with Crippen LogP contribution in [0.3, 0.4) is 0 Å². The van der Waals surface area contributed by atoms with Gasteiger partial charge in [0.15, 0.2) is 12.6 Å². The number of hydrogen-bond acceptors (Lipinski definition) is 20. The van der Waals surface area contributed by atoms with Crippen molar-refractivity contribution in [3.63, 3.8) is 0 Å². The van der Waals surface area contributed by atoms with Gasteiger partial charge in [-0.2, -0.15) is 0 Å². The zero-order valence-corrected chi connectivity index (χ0v) is 40.0. The number of aliphatic hydroxyl groups is 12. The van der Waals surface area contributed by atoms with Crippen LogP contribution < -0.4 is 0 Å². The summed E-state index contributed by atoms with van der Waals surface area (Å²) in [7, 11) is 0. The normalized spacial score (nSPS) is 49.6. The van der Waals surface area contributed by atoms with Gasteiger partial charge in [0, 0.05) is 12.2 Å². The Morgan fingerprint density at radius 3 is 1.91 bits per heavy atom. The molecule has 0 aromatic rings. The number of carboxylic acids is 1. The van der Waals surface area contributed by atoms with Gasteiger partial charge in [-0.1, -0.05) is 52.8 Å². The van der Waals surface area contributed by atoms with Crippen molar-refractivity contribution >= 4 is 11.9 Å². The fourth-order valence-corrected chi connectivity index (χ4v) is 13.9. The Labute approximate surface area is 401 Å². The number of allylic oxidation sites excluding steroid dienone is 2. The number of carbonyl (C=O) groups is 2. The Kier molecular flexibility index (Phi) is 16.0. The summed E-state index contributed by atoms with van der Waals surface area (Å²) in [5.41, 5.74) is -2.65. The second-order valence-corrected chi connectivity index (χ2v) is 22.4. The molecule has 3 heterocycles. The van der Waals surface area contributed by atoms with Gasteiger partial charge in [-0.3, -0.25) is 4.79 Å². The van der Waals surface area contributed by atoms with Crippen LogP contribution in [-0.2, 0) is 38.0 Å². The van der Waals surface area contributed by atoms with Gasteiger partial charge < -0.3 is 94.8 Å². The molecule has 4 aliphatic carbocycles. The van der Waals surface area contributed by atoms with E-state index in [-0.39, 0.29) is 42.3 Å². The molecule has 7 aliphatic rings. The average Bonchev–Trinajstić information content (AvgIpc) is 3.29. The van der Waals surface area contributed by atoms with Crippen LogP contribution in [0.2, 0.25) is 0 Å². The lowest BCUT2D eigenvalue weighted by Crippen LogP contribution is -2.67. The number of rotatable bonds is 14. The lowest BCUT2D eigenvalue weighted by Gasteiger charge is -2.69. The summed E-state index contributed by atoms with van der Waals surface area (Å²) in [6.07, 6.45) is -22.4. The second kappa shape index (κ2) is 20.2. The summed E-state index contributed by atoms with van der Waals surface area (Å²) in [5.74, 6) is -3.06. The van der Waals surface area contributed by atoms with Crippen molar-refractivity contribution in [1.82, 2.24) is 0 Å². The minimum Gasteiger partial charge on any atom is -0.478 e. The fraction of sp³-hybridized carbons (Fsp3) is 0.875. The van der Waals surface area contributed by atoms with Crippen LogP contribution in [0.5, 0.6) is 0 Å². The van der Waals surface area contributed by atoms with Gasteiger partial charge in [-0.05, 0) is 97.2 Å². The summed E-state index contributed by atoms with van der Waals surface area (Å²) in [6, 6.07) is 0. The van der Waals surface area contributed by atoms with E-state index < -0.39 is 158 Å². The lowest BCUT2D eigenvalue weighted by atomic mass is 9.35. The maximum absolute atomic E-state index is 15.3. The van der Waals surface area contributed by atoms with Gasteiger partial charge in [0.2, 0.25) is 6.29 Å². The molecule has 23 unspecified atom stereocenters. The van der Waals surface area contributed by atoms with Crippen molar-refractivity contribution in [2.45, 2.75) is 191 Å². The molecule has 3 aliphatic heterocycles. The van der Waals surface area contributed by atoms with E-state index in [9.17, 15) is 71.2 Å². The third-order valence-electron chi connectivity index (χ3n) is 18.2. The van der Waals surface area contributed by atoms with Crippen molar-refractivity contribution < 1.29 is 104 Å². The van der Waals surface area contributed by atoms with Crippen LogP contribution >= 0.6 is 0 Å². The van der Waals surface area contributed by atoms with E-state index in [2.05, 4.69) is 47.3 Å². The van der Waals surface area contributed by atoms with Gasteiger partial charge >= 0.3 is 11.9 Å². The Bertz CT molecular complexity index is 1890. The monoisotopic (exact) mass is 988 g/mol. The minimum absolute atomic E-state index is 0.0742. The van der Waals surface area contributed by atoms with Crippen molar-refractivity contribution in [3.8, 4) is 0 Å². The molecule has 0 spiro atoms.